The van der Waals surface area contributed by atoms with Crippen molar-refractivity contribution in [3.05, 3.63) is 47.3 Å². The lowest BCUT2D eigenvalue weighted by atomic mass is 10.1. The molecule has 0 radical (unpaired) electrons. The molecule has 0 spiro atoms. The van der Waals surface area contributed by atoms with Gasteiger partial charge in [-0.05, 0) is 42.5 Å². The minimum absolute atomic E-state index is 0.159. The van der Waals surface area contributed by atoms with Gasteiger partial charge in [0.05, 0.1) is 5.82 Å². The Kier molecular flexibility index (Phi) is 2.95. The van der Waals surface area contributed by atoms with Gasteiger partial charge in [0.25, 0.3) is 0 Å². The second kappa shape index (κ2) is 4.41. The van der Waals surface area contributed by atoms with Crippen molar-refractivity contribution in [2.45, 2.75) is 12.8 Å². The Bertz CT molecular complexity index is 483. The summed E-state index contributed by atoms with van der Waals surface area (Å²) in [4.78, 5) is 0. The molecule has 7 N–H and O–H groups in total. The first-order valence-electron chi connectivity index (χ1n) is 5.60. The molecule has 0 amide bonds. The summed E-state index contributed by atoms with van der Waals surface area (Å²) in [7, 11) is 0. The molecule has 4 heteroatoms. The second-order valence-corrected chi connectivity index (χ2v) is 4.30. The molecule has 0 unspecified atom stereocenters. The molecule has 0 heterocycles. The van der Waals surface area contributed by atoms with Crippen LogP contribution in [0.15, 0.2) is 41.7 Å². The highest BCUT2D eigenvalue weighted by atomic mass is 16.3. The molecule has 1 aromatic carbocycles. The molecule has 0 saturated heterocycles. The maximum Gasteiger partial charge on any atom is 0.124 e. The largest absolute Gasteiger partial charge is 0.507 e. The van der Waals surface area contributed by atoms with E-state index in [-0.39, 0.29) is 5.75 Å². The van der Waals surface area contributed by atoms with Gasteiger partial charge in [-0.15, -0.1) is 0 Å². The number of allylic oxidation sites excluding steroid dienone is 2. The number of benzene rings is 1. The molecule has 1 aliphatic rings. The van der Waals surface area contributed by atoms with Crippen molar-refractivity contribution < 1.29 is 5.11 Å². The molecule has 17 heavy (non-hydrogen) atoms. The molecule has 1 aromatic rings. The Morgan fingerprint density at radius 2 is 1.82 bits per heavy atom. The molecular formula is C13H17N3O. The summed E-state index contributed by atoms with van der Waals surface area (Å²) < 4.78 is 0. The van der Waals surface area contributed by atoms with Crippen LogP contribution in [0.4, 0.5) is 0 Å². The van der Waals surface area contributed by atoms with Crippen LogP contribution in [0.3, 0.4) is 0 Å². The summed E-state index contributed by atoms with van der Waals surface area (Å²) in [6.45, 7) is 0. The lowest BCUT2D eigenvalue weighted by molar-refractivity contribution is 0.473. The summed E-state index contributed by atoms with van der Waals surface area (Å²) in [5.74, 6) is 0.891. The highest BCUT2D eigenvalue weighted by Gasteiger charge is 2.26. The van der Waals surface area contributed by atoms with Crippen LogP contribution in [0.5, 0.6) is 5.75 Å². The zero-order chi connectivity index (χ0) is 12.4. The van der Waals surface area contributed by atoms with Crippen LogP contribution in [0.25, 0.3) is 5.70 Å². The fraction of sp³-hybridized carbons (Fsp3) is 0.231. The summed E-state index contributed by atoms with van der Waals surface area (Å²) in [5, 5.41) is 9.69. The fourth-order valence-electron chi connectivity index (χ4n) is 1.79. The van der Waals surface area contributed by atoms with Crippen LogP contribution in [0.2, 0.25) is 0 Å². The maximum absolute atomic E-state index is 9.69. The van der Waals surface area contributed by atoms with Gasteiger partial charge in [-0.2, -0.15) is 0 Å². The Morgan fingerprint density at radius 3 is 2.35 bits per heavy atom. The van der Waals surface area contributed by atoms with E-state index in [4.69, 9.17) is 17.2 Å². The standard InChI is InChI=1S/C13H17N3O/c14-11(9-3-1-2-4-12(9)17)7-10(13(15)16)8-5-6-8/h1-4,7-8,17H,5-6,14-16H2/b11-7-. The van der Waals surface area contributed by atoms with E-state index >= 15 is 0 Å². The van der Waals surface area contributed by atoms with Crippen molar-refractivity contribution in [1.82, 2.24) is 0 Å². The Balaban J connectivity index is 2.33. The predicted octanol–water partition coefficient (Wildman–Crippen LogP) is 1.23. The van der Waals surface area contributed by atoms with Gasteiger partial charge in [0.2, 0.25) is 0 Å². The molecule has 2 rings (SSSR count). The molecular weight excluding hydrogens is 214 g/mol. The summed E-state index contributed by atoms with van der Waals surface area (Å²) in [5.41, 5.74) is 19.2. The van der Waals surface area contributed by atoms with E-state index in [9.17, 15) is 5.11 Å². The average molecular weight is 231 g/mol. The third-order valence-electron chi connectivity index (χ3n) is 2.88. The summed E-state index contributed by atoms with van der Waals surface area (Å²) >= 11 is 0. The van der Waals surface area contributed by atoms with Crippen LogP contribution < -0.4 is 17.2 Å². The SMILES string of the molecule is NC(N)=C(/C=C(\N)c1ccccc1O)C1CC1. The number of hydrogen-bond donors (Lipinski definition) is 4. The topological polar surface area (TPSA) is 98.3 Å². The summed E-state index contributed by atoms with van der Waals surface area (Å²) in [6.07, 6.45) is 3.96. The van der Waals surface area contributed by atoms with E-state index in [1.54, 1.807) is 24.3 Å². The average Bonchev–Trinajstić information content (AvgIpc) is 3.09. The molecule has 1 saturated carbocycles. The number of nitrogens with two attached hydrogens (primary N) is 3. The first-order valence-corrected chi connectivity index (χ1v) is 5.60. The lowest BCUT2D eigenvalue weighted by Gasteiger charge is -2.07. The van der Waals surface area contributed by atoms with Crippen molar-refractivity contribution in [2.75, 3.05) is 0 Å². The number of para-hydroxylation sites is 1. The van der Waals surface area contributed by atoms with Gasteiger partial charge in [-0.25, -0.2) is 0 Å². The van der Waals surface area contributed by atoms with E-state index in [0.29, 0.717) is 23.0 Å². The number of phenolic OH excluding ortho intramolecular Hbond substituents is 1. The minimum atomic E-state index is 0.159. The third kappa shape index (κ3) is 2.53. The van der Waals surface area contributed by atoms with Gasteiger partial charge in [0, 0.05) is 11.3 Å². The number of aromatic hydroxyl groups is 1. The van der Waals surface area contributed by atoms with Gasteiger partial charge >= 0.3 is 0 Å². The quantitative estimate of drug-likeness (QED) is 0.588. The van der Waals surface area contributed by atoms with Crippen LogP contribution in [-0.2, 0) is 0 Å². The first kappa shape index (κ1) is 11.4. The van der Waals surface area contributed by atoms with Crippen molar-refractivity contribution in [3.8, 4) is 5.75 Å². The fourth-order valence-corrected chi connectivity index (χ4v) is 1.79. The number of rotatable bonds is 3. The zero-order valence-corrected chi connectivity index (χ0v) is 9.56. The van der Waals surface area contributed by atoms with Gasteiger partial charge in [0.15, 0.2) is 0 Å². The van der Waals surface area contributed by atoms with Crippen LogP contribution in [0, 0.1) is 5.92 Å². The van der Waals surface area contributed by atoms with Crippen molar-refractivity contribution in [3.63, 3.8) is 0 Å². The van der Waals surface area contributed by atoms with Crippen molar-refractivity contribution >= 4 is 5.70 Å². The molecule has 4 nitrogen and oxygen atoms in total. The molecule has 0 aliphatic heterocycles. The molecule has 0 bridgehead atoms. The monoisotopic (exact) mass is 231 g/mol. The number of phenols is 1. The third-order valence-corrected chi connectivity index (χ3v) is 2.88. The molecule has 1 aliphatic carbocycles. The van der Waals surface area contributed by atoms with Crippen molar-refractivity contribution in [1.29, 1.82) is 0 Å². The van der Waals surface area contributed by atoms with Gasteiger partial charge < -0.3 is 22.3 Å². The Labute approximate surface area is 100 Å². The highest BCUT2D eigenvalue weighted by Crippen LogP contribution is 2.38. The minimum Gasteiger partial charge on any atom is -0.507 e. The van der Waals surface area contributed by atoms with Gasteiger partial charge in [0.1, 0.15) is 5.75 Å². The van der Waals surface area contributed by atoms with E-state index in [1.807, 2.05) is 6.07 Å². The normalized spacial score (nSPS) is 15.6. The van der Waals surface area contributed by atoms with E-state index in [1.165, 1.54) is 0 Å². The Morgan fingerprint density at radius 1 is 1.18 bits per heavy atom. The molecule has 90 valence electrons. The lowest BCUT2D eigenvalue weighted by Crippen LogP contribution is -2.13. The van der Waals surface area contributed by atoms with Crippen molar-refractivity contribution in [2.24, 2.45) is 23.1 Å². The maximum atomic E-state index is 9.69. The van der Waals surface area contributed by atoms with Crippen LogP contribution in [0.1, 0.15) is 18.4 Å². The van der Waals surface area contributed by atoms with Gasteiger partial charge in [-0.1, -0.05) is 12.1 Å². The second-order valence-electron chi connectivity index (χ2n) is 4.30. The van der Waals surface area contributed by atoms with E-state index in [2.05, 4.69) is 0 Å². The number of hydrogen-bond acceptors (Lipinski definition) is 4. The van der Waals surface area contributed by atoms with Crippen LogP contribution >= 0.6 is 0 Å². The zero-order valence-electron chi connectivity index (χ0n) is 9.56. The summed E-state index contributed by atoms with van der Waals surface area (Å²) in [6, 6.07) is 6.93. The molecule has 0 atom stereocenters. The Hall–Kier alpha value is -2.10. The predicted molar refractivity (Wildman–Crippen MR) is 68.4 cm³/mol. The van der Waals surface area contributed by atoms with Crippen LogP contribution in [-0.4, -0.2) is 5.11 Å². The first-order chi connectivity index (χ1) is 8.09. The van der Waals surface area contributed by atoms with E-state index < -0.39 is 0 Å². The molecule has 0 aromatic heterocycles. The van der Waals surface area contributed by atoms with E-state index in [0.717, 1.165) is 18.4 Å². The molecule has 1 fully saturated rings. The highest BCUT2D eigenvalue weighted by molar-refractivity contribution is 5.70. The smallest absolute Gasteiger partial charge is 0.124 e. The van der Waals surface area contributed by atoms with Gasteiger partial charge in [-0.3, -0.25) is 0 Å².